The number of amides is 2. The molecule has 0 spiro atoms. The quantitative estimate of drug-likeness (QED) is 0.678. The molecule has 2 amide bonds. The van der Waals surface area contributed by atoms with Gasteiger partial charge >= 0.3 is 0 Å². The lowest BCUT2D eigenvalue weighted by Crippen LogP contribution is -2.58. The first-order chi connectivity index (χ1) is 14.8. The number of benzene rings is 1. The van der Waals surface area contributed by atoms with E-state index in [0.29, 0.717) is 36.7 Å². The number of ether oxygens (including phenoxy) is 1. The highest BCUT2D eigenvalue weighted by molar-refractivity contribution is 5.90. The van der Waals surface area contributed by atoms with Crippen LogP contribution in [0.4, 0.5) is 4.39 Å². The summed E-state index contributed by atoms with van der Waals surface area (Å²) in [4.78, 5) is 28.2. The van der Waals surface area contributed by atoms with Gasteiger partial charge in [0.05, 0.1) is 6.54 Å². The van der Waals surface area contributed by atoms with Crippen molar-refractivity contribution in [2.45, 2.75) is 58.4 Å². The molecular formula is C25H35FN2O3. The second-order valence-electron chi connectivity index (χ2n) is 10.5. The van der Waals surface area contributed by atoms with Crippen molar-refractivity contribution in [3.8, 4) is 5.75 Å². The van der Waals surface area contributed by atoms with Gasteiger partial charge in [0.1, 0.15) is 24.2 Å². The molecule has 4 fully saturated rings. The third kappa shape index (κ3) is 4.73. The van der Waals surface area contributed by atoms with Crippen LogP contribution in [0.15, 0.2) is 24.3 Å². The van der Waals surface area contributed by atoms with Crippen LogP contribution in [0.3, 0.4) is 0 Å². The van der Waals surface area contributed by atoms with Crippen molar-refractivity contribution in [1.29, 1.82) is 0 Å². The molecule has 4 bridgehead atoms. The van der Waals surface area contributed by atoms with E-state index >= 15 is 0 Å². The number of hydrogen-bond donors (Lipinski definition) is 1. The Hall–Kier alpha value is -2.11. The van der Waals surface area contributed by atoms with Crippen LogP contribution in [-0.4, -0.2) is 43.0 Å². The average molecular weight is 431 g/mol. The highest BCUT2D eigenvalue weighted by Crippen LogP contribution is 2.60. The van der Waals surface area contributed by atoms with E-state index < -0.39 is 6.04 Å². The van der Waals surface area contributed by atoms with Gasteiger partial charge in [0.15, 0.2) is 0 Å². The molecule has 0 heterocycles. The average Bonchev–Trinajstić information content (AvgIpc) is 2.71. The van der Waals surface area contributed by atoms with E-state index in [0.717, 1.165) is 19.3 Å². The summed E-state index contributed by atoms with van der Waals surface area (Å²) in [7, 11) is 1.74. The number of rotatable bonds is 8. The molecule has 4 aliphatic carbocycles. The summed E-state index contributed by atoms with van der Waals surface area (Å²) in [5, 5.41) is 3.16. The normalized spacial score (nSPS) is 29.6. The number of carbonyl (C=O) groups is 2. The molecule has 1 aromatic carbocycles. The first-order valence-electron chi connectivity index (χ1n) is 11.7. The summed E-state index contributed by atoms with van der Waals surface area (Å²) in [6.07, 6.45) is 6.84. The van der Waals surface area contributed by atoms with Crippen LogP contribution in [0.1, 0.15) is 52.4 Å². The number of nitrogens with zero attached hydrogens (tertiary/aromatic N) is 1. The van der Waals surface area contributed by atoms with E-state index in [1.54, 1.807) is 24.1 Å². The molecule has 1 unspecified atom stereocenters. The zero-order valence-electron chi connectivity index (χ0n) is 18.9. The van der Waals surface area contributed by atoms with Crippen LogP contribution >= 0.6 is 0 Å². The van der Waals surface area contributed by atoms with Gasteiger partial charge in [-0.2, -0.15) is 0 Å². The smallest absolute Gasteiger partial charge is 0.245 e. The molecule has 1 N–H and O–H groups in total. The molecule has 6 heteroatoms. The van der Waals surface area contributed by atoms with Crippen molar-refractivity contribution in [2.75, 3.05) is 20.2 Å². The van der Waals surface area contributed by atoms with Crippen LogP contribution in [0.5, 0.6) is 5.75 Å². The molecule has 5 nitrogen and oxygen atoms in total. The molecule has 4 saturated carbocycles. The van der Waals surface area contributed by atoms with Gasteiger partial charge in [0.2, 0.25) is 11.8 Å². The highest BCUT2D eigenvalue weighted by atomic mass is 19.1. The third-order valence-electron chi connectivity index (χ3n) is 7.62. The molecule has 0 radical (unpaired) electrons. The van der Waals surface area contributed by atoms with Crippen molar-refractivity contribution in [1.82, 2.24) is 10.2 Å². The third-order valence-corrected chi connectivity index (χ3v) is 7.62. The summed E-state index contributed by atoms with van der Waals surface area (Å²) in [5.74, 6) is 2.34. The van der Waals surface area contributed by atoms with Crippen molar-refractivity contribution < 1.29 is 18.7 Å². The lowest BCUT2D eigenvalue weighted by Gasteiger charge is -2.56. The Morgan fingerprint density at radius 3 is 2.16 bits per heavy atom. The largest absolute Gasteiger partial charge is 0.492 e. The molecule has 1 atom stereocenters. The topological polar surface area (TPSA) is 58.6 Å². The van der Waals surface area contributed by atoms with E-state index in [1.807, 2.05) is 13.8 Å². The standard InChI is InChI=1S/C25H35FN2O3/c1-16(2)22(23(29)28(3)8-9-31-21-6-4-20(26)5-7-21)27-24(30)25-13-17-10-18(14-25)12-19(11-17)15-25/h4-7,16-19,22H,8-15H2,1-3H3,(H,27,30). The fourth-order valence-electron chi connectivity index (χ4n) is 6.38. The van der Waals surface area contributed by atoms with Gasteiger partial charge in [-0.05, 0) is 86.5 Å². The van der Waals surface area contributed by atoms with E-state index in [2.05, 4.69) is 5.32 Å². The Kier molecular flexibility index (Phi) is 6.27. The summed E-state index contributed by atoms with van der Waals surface area (Å²) in [6, 6.07) is 5.30. The number of nitrogens with one attached hydrogen (secondary N) is 1. The van der Waals surface area contributed by atoms with Crippen LogP contribution in [0, 0.1) is 34.9 Å². The van der Waals surface area contributed by atoms with Crippen molar-refractivity contribution in [3.05, 3.63) is 30.1 Å². The lowest BCUT2D eigenvalue weighted by atomic mass is 9.49. The van der Waals surface area contributed by atoms with Crippen LogP contribution < -0.4 is 10.1 Å². The first kappa shape index (κ1) is 22.1. The Labute approximate surface area is 184 Å². The maximum absolute atomic E-state index is 13.4. The zero-order valence-corrected chi connectivity index (χ0v) is 18.9. The Morgan fingerprint density at radius 1 is 1.10 bits per heavy atom. The number of hydrogen-bond acceptors (Lipinski definition) is 3. The molecule has 4 aliphatic rings. The summed E-state index contributed by atoms with van der Waals surface area (Å²) in [6.45, 7) is 4.66. The van der Waals surface area contributed by atoms with E-state index in [-0.39, 0.29) is 29.0 Å². The number of likely N-dealkylation sites (N-methyl/N-ethyl adjacent to an activating group) is 1. The minimum absolute atomic E-state index is 0.00540. The summed E-state index contributed by atoms with van der Waals surface area (Å²) < 4.78 is 18.6. The molecular weight excluding hydrogens is 395 g/mol. The molecule has 1 aromatic rings. The highest BCUT2D eigenvalue weighted by Gasteiger charge is 2.55. The van der Waals surface area contributed by atoms with Gasteiger partial charge in [0, 0.05) is 12.5 Å². The molecule has 170 valence electrons. The molecule has 0 saturated heterocycles. The van der Waals surface area contributed by atoms with E-state index in [1.165, 1.54) is 31.4 Å². The second kappa shape index (κ2) is 8.79. The van der Waals surface area contributed by atoms with Crippen LogP contribution in [0.2, 0.25) is 0 Å². The molecule has 31 heavy (non-hydrogen) atoms. The molecule has 0 aliphatic heterocycles. The zero-order chi connectivity index (χ0) is 22.2. The van der Waals surface area contributed by atoms with Gasteiger partial charge in [-0.3, -0.25) is 9.59 Å². The maximum atomic E-state index is 13.4. The minimum atomic E-state index is -0.531. The maximum Gasteiger partial charge on any atom is 0.245 e. The van der Waals surface area contributed by atoms with Crippen LogP contribution in [0.25, 0.3) is 0 Å². The molecule has 0 aromatic heterocycles. The number of carbonyl (C=O) groups excluding carboxylic acids is 2. The van der Waals surface area contributed by atoms with Crippen molar-refractivity contribution in [3.63, 3.8) is 0 Å². The fourth-order valence-corrected chi connectivity index (χ4v) is 6.38. The van der Waals surface area contributed by atoms with Crippen molar-refractivity contribution in [2.24, 2.45) is 29.1 Å². The van der Waals surface area contributed by atoms with E-state index in [9.17, 15) is 14.0 Å². The predicted octanol–water partition coefficient (Wildman–Crippen LogP) is 4.02. The van der Waals surface area contributed by atoms with Gasteiger partial charge in [-0.15, -0.1) is 0 Å². The predicted molar refractivity (Wildman–Crippen MR) is 117 cm³/mol. The summed E-state index contributed by atoms with van der Waals surface area (Å²) >= 11 is 0. The second-order valence-corrected chi connectivity index (χ2v) is 10.5. The lowest BCUT2D eigenvalue weighted by molar-refractivity contribution is -0.150. The van der Waals surface area contributed by atoms with Gasteiger partial charge < -0.3 is 15.0 Å². The fraction of sp³-hybridized carbons (Fsp3) is 0.680. The van der Waals surface area contributed by atoms with Gasteiger partial charge in [-0.25, -0.2) is 4.39 Å². The minimum Gasteiger partial charge on any atom is -0.492 e. The van der Waals surface area contributed by atoms with Crippen LogP contribution in [-0.2, 0) is 9.59 Å². The SMILES string of the molecule is CC(C)C(NC(=O)C12CC3CC(CC(C3)C1)C2)C(=O)N(C)CCOc1ccc(F)cc1. The number of halogens is 1. The van der Waals surface area contributed by atoms with Gasteiger partial charge in [0.25, 0.3) is 0 Å². The first-order valence-corrected chi connectivity index (χ1v) is 11.7. The Balaban J connectivity index is 1.33. The monoisotopic (exact) mass is 430 g/mol. The van der Waals surface area contributed by atoms with E-state index in [4.69, 9.17) is 4.74 Å². The summed E-state index contributed by atoms with van der Waals surface area (Å²) in [5.41, 5.74) is -0.258. The Morgan fingerprint density at radius 2 is 1.65 bits per heavy atom. The molecule has 5 rings (SSSR count). The Bertz CT molecular complexity index is 772. The van der Waals surface area contributed by atoms with Gasteiger partial charge in [-0.1, -0.05) is 13.8 Å². The van der Waals surface area contributed by atoms with Crippen molar-refractivity contribution >= 4 is 11.8 Å².